The van der Waals surface area contributed by atoms with Crippen molar-refractivity contribution in [3.63, 3.8) is 0 Å². The molecule has 1 atom stereocenters. The molecule has 3 heteroatoms. The van der Waals surface area contributed by atoms with Gasteiger partial charge in [-0.1, -0.05) is 24.8 Å². The Labute approximate surface area is 97.1 Å². The molecule has 16 heavy (non-hydrogen) atoms. The Bertz CT molecular complexity index is 397. The van der Waals surface area contributed by atoms with Gasteiger partial charge in [0.2, 0.25) is 0 Å². The van der Waals surface area contributed by atoms with Gasteiger partial charge in [-0.15, -0.1) is 0 Å². The van der Waals surface area contributed by atoms with Crippen LogP contribution in [-0.4, -0.2) is 12.5 Å². The number of nitrogens with zero attached hydrogens (tertiary/aromatic N) is 1. The molecule has 1 heterocycles. The molecule has 0 fully saturated rings. The minimum atomic E-state index is -0.271. The summed E-state index contributed by atoms with van der Waals surface area (Å²) >= 11 is 0. The highest BCUT2D eigenvalue weighted by Gasteiger charge is 2.12. The monoisotopic (exact) mass is 217 g/mol. The molecule has 0 aliphatic carbocycles. The Kier molecular flexibility index (Phi) is 4.26. The summed E-state index contributed by atoms with van der Waals surface area (Å²) in [5.74, 6) is 0. The maximum absolute atomic E-state index is 5.91. The number of hydrogen-bond acceptors (Lipinski definition) is 3. The average Bonchev–Trinajstić information content (AvgIpc) is 2.23. The van der Waals surface area contributed by atoms with Crippen LogP contribution >= 0.6 is 0 Å². The maximum Gasteiger partial charge on any atom is 0.126 e. The number of allylic oxidation sites excluding steroid dienone is 5. The van der Waals surface area contributed by atoms with Crippen molar-refractivity contribution in [1.29, 1.82) is 0 Å². The zero-order valence-electron chi connectivity index (χ0n) is 10.1. The summed E-state index contributed by atoms with van der Waals surface area (Å²) in [5.41, 5.74) is 10.3. The number of rotatable bonds is 3. The van der Waals surface area contributed by atoms with Crippen molar-refractivity contribution < 1.29 is 0 Å². The van der Waals surface area contributed by atoms with Crippen molar-refractivity contribution in [2.45, 2.75) is 26.9 Å². The van der Waals surface area contributed by atoms with E-state index < -0.39 is 0 Å². The highest BCUT2D eigenvalue weighted by Crippen LogP contribution is 2.17. The van der Waals surface area contributed by atoms with Gasteiger partial charge in [-0.25, -0.2) is 0 Å². The zero-order chi connectivity index (χ0) is 12.1. The molecule has 0 radical (unpaired) electrons. The molecule has 0 saturated carbocycles. The van der Waals surface area contributed by atoms with Gasteiger partial charge in [0, 0.05) is 11.3 Å². The summed E-state index contributed by atoms with van der Waals surface area (Å²) in [6, 6.07) is 0. The van der Waals surface area contributed by atoms with Crippen LogP contribution in [0.15, 0.2) is 52.2 Å². The Balaban J connectivity index is 2.99. The number of nitrogens with one attached hydrogen (secondary N) is 1. The van der Waals surface area contributed by atoms with Crippen LogP contribution < -0.4 is 11.1 Å². The van der Waals surface area contributed by atoms with Gasteiger partial charge in [0.1, 0.15) is 6.17 Å². The summed E-state index contributed by atoms with van der Waals surface area (Å²) in [7, 11) is 0. The lowest BCUT2D eigenvalue weighted by molar-refractivity contribution is 0.792. The Morgan fingerprint density at radius 3 is 2.75 bits per heavy atom. The highest BCUT2D eigenvalue weighted by atomic mass is 15.1. The third-order valence-corrected chi connectivity index (χ3v) is 2.63. The molecule has 0 aromatic rings. The van der Waals surface area contributed by atoms with Crippen LogP contribution in [0.3, 0.4) is 0 Å². The van der Waals surface area contributed by atoms with Gasteiger partial charge in [0.15, 0.2) is 0 Å². The molecule has 0 saturated heterocycles. The smallest absolute Gasteiger partial charge is 0.126 e. The third-order valence-electron chi connectivity index (χ3n) is 2.63. The standard InChI is InChI=1S/C13H19N3/c1-5-6-9(2)10(3)7-12-11(4)15-8-16-13(12)14/h5-8,13H,1,14H2,2-4H3,(H,15,16)/b9-6+,10-7+. The largest absolute Gasteiger partial charge is 0.350 e. The van der Waals surface area contributed by atoms with Crippen molar-refractivity contribution >= 4 is 6.34 Å². The molecule has 0 amide bonds. The topological polar surface area (TPSA) is 50.4 Å². The first-order chi connectivity index (χ1) is 7.56. The third kappa shape index (κ3) is 2.94. The van der Waals surface area contributed by atoms with E-state index >= 15 is 0 Å². The molecular weight excluding hydrogens is 198 g/mol. The Hall–Kier alpha value is -1.61. The first-order valence-corrected chi connectivity index (χ1v) is 5.28. The van der Waals surface area contributed by atoms with Crippen LogP contribution in [0.1, 0.15) is 20.8 Å². The molecule has 1 unspecified atom stereocenters. The molecule has 1 aliphatic rings. The second-order valence-corrected chi connectivity index (χ2v) is 3.86. The summed E-state index contributed by atoms with van der Waals surface area (Å²) in [6.45, 7) is 9.79. The molecular formula is C13H19N3. The molecule has 86 valence electrons. The van der Waals surface area contributed by atoms with E-state index in [1.165, 1.54) is 11.1 Å². The fourth-order valence-corrected chi connectivity index (χ4v) is 1.45. The molecule has 0 aromatic heterocycles. The second-order valence-electron chi connectivity index (χ2n) is 3.86. The summed E-state index contributed by atoms with van der Waals surface area (Å²) < 4.78 is 0. The van der Waals surface area contributed by atoms with Crippen molar-refractivity contribution in [3.05, 3.63) is 47.2 Å². The van der Waals surface area contributed by atoms with Crippen molar-refractivity contribution in [2.24, 2.45) is 10.7 Å². The van der Waals surface area contributed by atoms with Crippen LogP contribution in [0.2, 0.25) is 0 Å². The van der Waals surface area contributed by atoms with E-state index in [1.54, 1.807) is 12.4 Å². The van der Waals surface area contributed by atoms with E-state index in [4.69, 9.17) is 5.73 Å². The zero-order valence-corrected chi connectivity index (χ0v) is 10.1. The fourth-order valence-electron chi connectivity index (χ4n) is 1.45. The van der Waals surface area contributed by atoms with E-state index in [0.29, 0.717) is 0 Å². The molecule has 0 spiro atoms. The lowest BCUT2D eigenvalue weighted by atomic mass is 10.0. The predicted octanol–water partition coefficient (Wildman–Crippen LogP) is 2.26. The number of hydrogen-bond donors (Lipinski definition) is 2. The van der Waals surface area contributed by atoms with Gasteiger partial charge < -0.3 is 11.1 Å². The van der Waals surface area contributed by atoms with E-state index in [9.17, 15) is 0 Å². The molecule has 3 nitrogen and oxygen atoms in total. The normalized spacial score (nSPS) is 22.1. The van der Waals surface area contributed by atoms with Gasteiger partial charge in [0.05, 0.1) is 6.34 Å². The molecule has 3 N–H and O–H groups in total. The summed E-state index contributed by atoms with van der Waals surface area (Å²) in [4.78, 5) is 4.12. The highest BCUT2D eigenvalue weighted by molar-refractivity contribution is 5.62. The second kappa shape index (κ2) is 5.47. The van der Waals surface area contributed by atoms with Crippen LogP contribution in [0.4, 0.5) is 0 Å². The van der Waals surface area contributed by atoms with Gasteiger partial charge in [-0.2, -0.15) is 0 Å². The Morgan fingerprint density at radius 2 is 2.19 bits per heavy atom. The maximum atomic E-state index is 5.91. The van der Waals surface area contributed by atoms with Gasteiger partial charge in [-0.05, 0) is 31.9 Å². The van der Waals surface area contributed by atoms with Crippen molar-refractivity contribution in [2.75, 3.05) is 0 Å². The molecule has 0 bridgehead atoms. The van der Waals surface area contributed by atoms with Crippen molar-refractivity contribution in [3.8, 4) is 0 Å². The Morgan fingerprint density at radius 1 is 1.50 bits per heavy atom. The fraction of sp³-hybridized carbons (Fsp3) is 0.308. The summed E-state index contributed by atoms with van der Waals surface area (Å²) in [5, 5.41) is 3.06. The van der Waals surface area contributed by atoms with E-state index in [1.807, 2.05) is 13.0 Å². The van der Waals surface area contributed by atoms with E-state index in [2.05, 4.69) is 36.8 Å². The van der Waals surface area contributed by atoms with Gasteiger partial charge in [-0.3, -0.25) is 4.99 Å². The molecule has 1 rings (SSSR count). The minimum Gasteiger partial charge on any atom is -0.350 e. The van der Waals surface area contributed by atoms with Crippen molar-refractivity contribution in [1.82, 2.24) is 5.32 Å². The number of aliphatic imine (C=N–C) groups is 1. The van der Waals surface area contributed by atoms with Crippen LogP contribution in [0, 0.1) is 0 Å². The van der Waals surface area contributed by atoms with Crippen LogP contribution in [-0.2, 0) is 0 Å². The van der Waals surface area contributed by atoms with Crippen LogP contribution in [0.5, 0.6) is 0 Å². The molecule has 1 aliphatic heterocycles. The quantitative estimate of drug-likeness (QED) is 0.712. The lowest BCUT2D eigenvalue weighted by Gasteiger charge is -2.18. The van der Waals surface area contributed by atoms with Gasteiger partial charge >= 0.3 is 0 Å². The summed E-state index contributed by atoms with van der Waals surface area (Å²) in [6.07, 6.45) is 7.20. The van der Waals surface area contributed by atoms with Gasteiger partial charge in [0.25, 0.3) is 0 Å². The number of nitrogens with two attached hydrogens (primary N) is 1. The minimum absolute atomic E-state index is 0.271. The first kappa shape index (κ1) is 12.5. The SMILES string of the molecule is C=C/C=C(C)/C(C)=C/C1=C(C)NC=NC1N. The van der Waals surface area contributed by atoms with E-state index in [0.717, 1.165) is 11.3 Å². The average molecular weight is 217 g/mol. The predicted molar refractivity (Wildman–Crippen MR) is 70.0 cm³/mol. The van der Waals surface area contributed by atoms with Crippen LogP contribution in [0.25, 0.3) is 0 Å². The first-order valence-electron chi connectivity index (χ1n) is 5.28. The molecule has 0 aromatic carbocycles. The lowest BCUT2D eigenvalue weighted by Crippen LogP contribution is -2.29. The van der Waals surface area contributed by atoms with E-state index in [-0.39, 0.29) is 6.17 Å².